The van der Waals surface area contributed by atoms with E-state index in [-0.39, 0.29) is 36.3 Å². The van der Waals surface area contributed by atoms with Gasteiger partial charge in [0.25, 0.3) is 0 Å². The molecule has 3 atom stereocenters. The number of rotatable bonds is 9. The Balaban J connectivity index is 1.37. The molecule has 3 heterocycles. The van der Waals surface area contributed by atoms with Gasteiger partial charge in [0.2, 0.25) is 11.8 Å². The van der Waals surface area contributed by atoms with E-state index in [1.54, 1.807) is 4.90 Å². The van der Waals surface area contributed by atoms with E-state index < -0.39 is 23.7 Å². The Labute approximate surface area is 242 Å². The van der Waals surface area contributed by atoms with Gasteiger partial charge in [-0.25, -0.2) is 4.79 Å². The average Bonchev–Trinajstić information content (AvgIpc) is 3.39. The molecule has 2 N–H and O–H groups in total. The highest BCUT2D eigenvalue weighted by molar-refractivity contribution is 5.95. The summed E-state index contributed by atoms with van der Waals surface area (Å²) >= 11 is 0. The maximum Gasteiger partial charge on any atom is 0.329 e. The van der Waals surface area contributed by atoms with Crippen molar-refractivity contribution in [1.82, 2.24) is 20.1 Å². The number of hydrogen-bond acceptors (Lipinski definition) is 5. The third-order valence-corrected chi connectivity index (χ3v) is 8.57. The maximum atomic E-state index is 14.2. The van der Waals surface area contributed by atoms with Crippen molar-refractivity contribution in [3.8, 4) is 0 Å². The maximum absolute atomic E-state index is 14.2. The normalized spacial score (nSPS) is 19.8. The summed E-state index contributed by atoms with van der Waals surface area (Å²) in [4.78, 5) is 48.8. The molecule has 2 aliphatic heterocycles. The number of carbonyl (C=O) groups is 3. The molecule has 8 nitrogen and oxygen atoms in total. The van der Waals surface area contributed by atoms with Gasteiger partial charge in [0, 0.05) is 23.1 Å². The molecular weight excluding hydrogens is 516 g/mol. The molecule has 0 saturated carbocycles. The highest BCUT2D eigenvalue weighted by Crippen LogP contribution is 2.42. The minimum atomic E-state index is -0.824. The van der Waals surface area contributed by atoms with Crippen molar-refractivity contribution in [3.05, 3.63) is 71.4 Å². The second-order valence-corrected chi connectivity index (χ2v) is 12.6. The lowest BCUT2D eigenvalue weighted by atomic mass is 9.96. The minimum absolute atomic E-state index is 0.0421. The number of ether oxygens (including phenoxy) is 1. The summed E-state index contributed by atoms with van der Waals surface area (Å²) in [6.07, 6.45) is 1.08. The SMILES string of the molecule is CC(C)C[C@@H](C(=O)N[C@H](C(=O)OCc1ccccc1)C(C)C)N1C(=O)[C@@H]2Cc3c([nH]c4ccccc34)CN2C1(C)C. The second-order valence-electron chi connectivity index (χ2n) is 12.6. The van der Waals surface area contributed by atoms with E-state index in [9.17, 15) is 14.4 Å². The topological polar surface area (TPSA) is 94.7 Å². The third-order valence-electron chi connectivity index (χ3n) is 8.57. The van der Waals surface area contributed by atoms with E-state index >= 15 is 0 Å². The van der Waals surface area contributed by atoms with Crippen LogP contribution in [0.3, 0.4) is 0 Å². The lowest BCUT2D eigenvalue weighted by Gasteiger charge is -2.43. The Morgan fingerprint density at radius 1 is 1.05 bits per heavy atom. The summed E-state index contributed by atoms with van der Waals surface area (Å²) in [5.74, 6) is -0.867. The van der Waals surface area contributed by atoms with Gasteiger partial charge < -0.3 is 19.9 Å². The Bertz CT molecular complexity index is 1430. The number of aromatic nitrogens is 1. The molecule has 0 spiro atoms. The fourth-order valence-corrected chi connectivity index (χ4v) is 6.45. The van der Waals surface area contributed by atoms with Crippen LogP contribution in [0, 0.1) is 11.8 Å². The van der Waals surface area contributed by atoms with Crippen molar-refractivity contribution >= 4 is 28.7 Å². The zero-order chi connectivity index (χ0) is 29.5. The molecule has 3 aromatic rings. The van der Waals surface area contributed by atoms with E-state index in [0.717, 1.165) is 22.2 Å². The van der Waals surface area contributed by atoms with Gasteiger partial charge in [-0.3, -0.25) is 14.5 Å². The van der Waals surface area contributed by atoms with Gasteiger partial charge in [-0.2, -0.15) is 0 Å². The van der Waals surface area contributed by atoms with Gasteiger partial charge in [0.05, 0.1) is 11.7 Å². The van der Waals surface area contributed by atoms with Gasteiger partial charge in [-0.15, -0.1) is 0 Å². The summed E-state index contributed by atoms with van der Waals surface area (Å²) in [7, 11) is 0. The number of hydrogen-bond donors (Lipinski definition) is 2. The predicted octanol–water partition coefficient (Wildman–Crippen LogP) is 4.77. The molecule has 2 amide bonds. The van der Waals surface area contributed by atoms with E-state index in [4.69, 9.17) is 4.74 Å². The van der Waals surface area contributed by atoms with Gasteiger partial charge in [0.15, 0.2) is 0 Å². The van der Waals surface area contributed by atoms with Crippen LogP contribution in [0.4, 0.5) is 0 Å². The quantitative estimate of drug-likeness (QED) is 0.369. The molecule has 0 aliphatic carbocycles. The first-order chi connectivity index (χ1) is 19.5. The molecule has 8 heteroatoms. The van der Waals surface area contributed by atoms with Crippen molar-refractivity contribution in [2.24, 2.45) is 11.8 Å². The Hall–Kier alpha value is -3.65. The molecule has 5 rings (SSSR count). The lowest BCUT2D eigenvalue weighted by molar-refractivity contribution is -0.152. The monoisotopic (exact) mass is 558 g/mol. The van der Waals surface area contributed by atoms with Crippen LogP contribution in [0.15, 0.2) is 54.6 Å². The van der Waals surface area contributed by atoms with Gasteiger partial charge in [0.1, 0.15) is 18.7 Å². The first kappa shape index (κ1) is 28.9. The van der Waals surface area contributed by atoms with Crippen LogP contribution in [0.25, 0.3) is 10.9 Å². The fourth-order valence-electron chi connectivity index (χ4n) is 6.45. The molecule has 2 aromatic carbocycles. The highest BCUT2D eigenvalue weighted by Gasteiger charge is 2.56. The van der Waals surface area contributed by atoms with Crippen LogP contribution in [0.2, 0.25) is 0 Å². The number of esters is 1. The smallest absolute Gasteiger partial charge is 0.329 e. The highest BCUT2D eigenvalue weighted by atomic mass is 16.5. The number of carbonyl (C=O) groups excluding carboxylic acids is 3. The van der Waals surface area contributed by atoms with Gasteiger partial charge in [-0.1, -0.05) is 76.2 Å². The Morgan fingerprint density at radius 3 is 2.41 bits per heavy atom. The average molecular weight is 559 g/mol. The van der Waals surface area contributed by atoms with E-state index in [0.29, 0.717) is 19.4 Å². The molecule has 1 fully saturated rings. The van der Waals surface area contributed by atoms with Crippen LogP contribution < -0.4 is 5.32 Å². The summed E-state index contributed by atoms with van der Waals surface area (Å²) < 4.78 is 5.59. The molecule has 1 saturated heterocycles. The molecule has 1 aromatic heterocycles. The first-order valence-corrected chi connectivity index (χ1v) is 14.7. The standard InChI is InChI=1S/C33H42N4O4/c1-20(2)16-27(30(38)35-29(21(3)4)32(40)41-19-22-12-8-7-9-13-22)37-31(39)28-17-24-23-14-10-11-15-25(23)34-26(24)18-36(28)33(37,5)6/h7-15,20-21,27-29,34H,16-19H2,1-6H3,(H,35,38)/t27-,28-,29-/m0/s1. The first-order valence-electron chi connectivity index (χ1n) is 14.7. The Morgan fingerprint density at radius 2 is 1.73 bits per heavy atom. The van der Waals surface area contributed by atoms with Crippen LogP contribution >= 0.6 is 0 Å². The molecule has 218 valence electrons. The van der Waals surface area contributed by atoms with Crippen molar-refractivity contribution in [1.29, 1.82) is 0 Å². The summed E-state index contributed by atoms with van der Waals surface area (Å²) in [5, 5.41) is 4.13. The van der Waals surface area contributed by atoms with Crippen LogP contribution in [-0.4, -0.2) is 56.4 Å². The van der Waals surface area contributed by atoms with Crippen molar-refractivity contribution in [3.63, 3.8) is 0 Å². The number of aromatic amines is 1. The fraction of sp³-hybridized carbons (Fsp3) is 0.485. The van der Waals surface area contributed by atoms with Crippen LogP contribution in [0.5, 0.6) is 0 Å². The minimum Gasteiger partial charge on any atom is -0.459 e. The Kier molecular flexibility index (Phi) is 7.97. The van der Waals surface area contributed by atoms with E-state index in [1.807, 2.05) is 84.0 Å². The molecule has 41 heavy (non-hydrogen) atoms. The van der Waals surface area contributed by atoms with E-state index in [2.05, 4.69) is 27.3 Å². The summed E-state index contributed by atoms with van der Waals surface area (Å²) in [6, 6.07) is 15.8. The lowest BCUT2D eigenvalue weighted by Crippen LogP contribution is -2.60. The number of H-pyrrole nitrogens is 1. The number of para-hydroxylation sites is 1. The largest absolute Gasteiger partial charge is 0.459 e. The molecular formula is C33H42N4O4. The third kappa shape index (κ3) is 5.49. The van der Waals surface area contributed by atoms with Crippen molar-refractivity contribution < 1.29 is 19.1 Å². The number of amides is 2. The number of nitrogens with zero attached hydrogens (tertiary/aromatic N) is 2. The number of benzene rings is 2. The molecule has 0 bridgehead atoms. The van der Waals surface area contributed by atoms with E-state index in [1.165, 1.54) is 5.56 Å². The predicted molar refractivity (Wildman–Crippen MR) is 159 cm³/mol. The summed E-state index contributed by atoms with van der Waals surface area (Å²) in [6.45, 7) is 12.6. The molecule has 0 unspecified atom stereocenters. The van der Waals surface area contributed by atoms with Crippen molar-refractivity contribution in [2.45, 2.75) is 91.3 Å². The zero-order valence-corrected chi connectivity index (χ0v) is 24.9. The van der Waals surface area contributed by atoms with Crippen LogP contribution in [0.1, 0.15) is 64.8 Å². The molecule has 2 aliphatic rings. The zero-order valence-electron chi connectivity index (χ0n) is 24.9. The van der Waals surface area contributed by atoms with Gasteiger partial charge >= 0.3 is 5.97 Å². The number of nitrogens with one attached hydrogen (secondary N) is 2. The molecule has 0 radical (unpaired) electrons. The van der Waals surface area contributed by atoms with Crippen LogP contribution in [-0.2, 0) is 38.7 Å². The second kappa shape index (κ2) is 11.3. The summed E-state index contributed by atoms with van der Waals surface area (Å²) in [5.41, 5.74) is 3.56. The number of fused-ring (bicyclic) bond motifs is 4. The van der Waals surface area contributed by atoms with Gasteiger partial charge in [-0.05, 0) is 55.7 Å². The van der Waals surface area contributed by atoms with Crippen molar-refractivity contribution in [2.75, 3.05) is 0 Å².